The molecule has 1 aliphatic heterocycles. The lowest BCUT2D eigenvalue weighted by atomic mass is 9.99. The molecule has 1 fully saturated rings. The van der Waals surface area contributed by atoms with Crippen LogP contribution < -0.4 is 5.32 Å². The standard InChI is InChI=1S/C18H19NO3/c20-18(14-7-3-1-4-8-14)17(16-13-21-11-12-22-16)19-15-9-5-2-6-10-15/h1-10,16-17,19H,11-13H2. The van der Waals surface area contributed by atoms with Crippen molar-refractivity contribution in [3.8, 4) is 0 Å². The Morgan fingerprint density at radius 3 is 2.32 bits per heavy atom. The number of carbonyl (C=O) groups excluding carboxylic acids is 1. The zero-order chi connectivity index (χ0) is 15.2. The number of ketones is 1. The van der Waals surface area contributed by atoms with Crippen molar-refractivity contribution in [2.75, 3.05) is 25.1 Å². The average Bonchev–Trinajstić information content (AvgIpc) is 2.61. The first kappa shape index (κ1) is 14.8. The molecule has 2 atom stereocenters. The van der Waals surface area contributed by atoms with E-state index < -0.39 is 6.04 Å². The van der Waals surface area contributed by atoms with Crippen molar-refractivity contribution in [3.05, 3.63) is 66.2 Å². The van der Waals surface area contributed by atoms with Crippen molar-refractivity contribution in [3.63, 3.8) is 0 Å². The molecule has 22 heavy (non-hydrogen) atoms. The smallest absolute Gasteiger partial charge is 0.187 e. The summed E-state index contributed by atoms with van der Waals surface area (Å²) in [5.41, 5.74) is 1.57. The number of Topliss-reactive ketones (excluding diaryl/α,β-unsaturated/α-hetero) is 1. The first-order valence-corrected chi connectivity index (χ1v) is 7.45. The number of para-hydroxylation sites is 1. The van der Waals surface area contributed by atoms with E-state index in [1.54, 1.807) is 0 Å². The summed E-state index contributed by atoms with van der Waals surface area (Å²) in [7, 11) is 0. The SMILES string of the molecule is O=C(c1ccccc1)C(Nc1ccccc1)C1COCCO1. The molecule has 0 spiro atoms. The summed E-state index contributed by atoms with van der Waals surface area (Å²) in [5.74, 6) is 0.0138. The predicted molar refractivity (Wildman–Crippen MR) is 85.2 cm³/mol. The Balaban J connectivity index is 1.83. The third kappa shape index (κ3) is 3.53. The van der Waals surface area contributed by atoms with Crippen molar-refractivity contribution < 1.29 is 14.3 Å². The maximum Gasteiger partial charge on any atom is 0.187 e. The van der Waals surface area contributed by atoms with Crippen molar-refractivity contribution >= 4 is 11.5 Å². The molecule has 1 aliphatic rings. The van der Waals surface area contributed by atoms with E-state index in [0.717, 1.165) is 5.69 Å². The molecule has 0 radical (unpaired) electrons. The fraction of sp³-hybridized carbons (Fsp3) is 0.278. The van der Waals surface area contributed by atoms with Crippen LogP contribution in [0.5, 0.6) is 0 Å². The van der Waals surface area contributed by atoms with Gasteiger partial charge in [0, 0.05) is 11.3 Å². The largest absolute Gasteiger partial charge is 0.376 e. The minimum Gasteiger partial charge on any atom is -0.376 e. The van der Waals surface area contributed by atoms with Crippen LogP contribution in [0, 0.1) is 0 Å². The monoisotopic (exact) mass is 297 g/mol. The van der Waals surface area contributed by atoms with Gasteiger partial charge in [0.25, 0.3) is 0 Å². The molecule has 2 unspecified atom stereocenters. The lowest BCUT2D eigenvalue weighted by Gasteiger charge is -2.30. The van der Waals surface area contributed by atoms with Crippen molar-refractivity contribution in [1.82, 2.24) is 0 Å². The number of anilines is 1. The van der Waals surface area contributed by atoms with Crippen LogP contribution in [0.3, 0.4) is 0 Å². The summed E-state index contributed by atoms with van der Waals surface area (Å²) < 4.78 is 11.2. The molecule has 0 amide bonds. The Morgan fingerprint density at radius 1 is 1.00 bits per heavy atom. The zero-order valence-electron chi connectivity index (χ0n) is 12.3. The molecule has 2 aromatic rings. The van der Waals surface area contributed by atoms with Gasteiger partial charge in [0.05, 0.1) is 19.8 Å². The number of hydrogen-bond acceptors (Lipinski definition) is 4. The Labute approximate surface area is 130 Å². The first-order chi connectivity index (χ1) is 10.8. The van der Waals surface area contributed by atoms with Crippen LogP contribution in [0.15, 0.2) is 60.7 Å². The van der Waals surface area contributed by atoms with E-state index >= 15 is 0 Å². The van der Waals surface area contributed by atoms with Gasteiger partial charge < -0.3 is 14.8 Å². The quantitative estimate of drug-likeness (QED) is 0.862. The highest BCUT2D eigenvalue weighted by Crippen LogP contribution is 2.17. The molecule has 0 saturated carbocycles. The lowest BCUT2D eigenvalue weighted by molar-refractivity contribution is -0.0902. The Kier molecular flexibility index (Phi) is 4.83. The number of hydrogen-bond donors (Lipinski definition) is 1. The number of nitrogens with one attached hydrogen (secondary N) is 1. The van der Waals surface area contributed by atoms with Crippen LogP contribution in [-0.4, -0.2) is 37.7 Å². The number of carbonyl (C=O) groups is 1. The molecular formula is C18H19NO3. The van der Waals surface area contributed by atoms with E-state index in [0.29, 0.717) is 25.4 Å². The molecule has 3 rings (SSSR count). The van der Waals surface area contributed by atoms with Gasteiger partial charge in [0.15, 0.2) is 5.78 Å². The van der Waals surface area contributed by atoms with Crippen LogP contribution in [0.1, 0.15) is 10.4 Å². The molecular weight excluding hydrogens is 278 g/mol. The highest BCUT2D eigenvalue weighted by molar-refractivity contribution is 6.02. The van der Waals surface area contributed by atoms with Crippen LogP contribution >= 0.6 is 0 Å². The Morgan fingerprint density at radius 2 is 1.68 bits per heavy atom. The van der Waals surface area contributed by atoms with Gasteiger partial charge in [0.1, 0.15) is 12.1 Å². The summed E-state index contributed by atoms with van der Waals surface area (Å²) in [6, 6.07) is 18.5. The second-order valence-electron chi connectivity index (χ2n) is 5.20. The van der Waals surface area contributed by atoms with Gasteiger partial charge in [-0.25, -0.2) is 0 Å². The van der Waals surface area contributed by atoms with Crippen molar-refractivity contribution in [2.45, 2.75) is 12.1 Å². The zero-order valence-corrected chi connectivity index (χ0v) is 12.3. The average molecular weight is 297 g/mol. The molecule has 4 nitrogen and oxygen atoms in total. The predicted octanol–water partition coefficient (Wildman–Crippen LogP) is 2.77. The first-order valence-electron chi connectivity index (χ1n) is 7.45. The molecule has 1 saturated heterocycles. The van der Waals surface area contributed by atoms with Gasteiger partial charge >= 0.3 is 0 Å². The Bertz CT molecular complexity index is 594. The van der Waals surface area contributed by atoms with Gasteiger partial charge in [-0.2, -0.15) is 0 Å². The van der Waals surface area contributed by atoms with Gasteiger partial charge in [-0.05, 0) is 12.1 Å². The number of rotatable bonds is 5. The normalized spacial score (nSPS) is 19.4. The lowest BCUT2D eigenvalue weighted by Crippen LogP contribution is -2.47. The second kappa shape index (κ2) is 7.20. The fourth-order valence-corrected chi connectivity index (χ4v) is 2.52. The third-order valence-electron chi connectivity index (χ3n) is 3.65. The van der Waals surface area contributed by atoms with E-state index in [1.807, 2.05) is 60.7 Å². The number of ether oxygens (including phenoxy) is 2. The van der Waals surface area contributed by atoms with Gasteiger partial charge in [-0.15, -0.1) is 0 Å². The van der Waals surface area contributed by atoms with Gasteiger partial charge in [-0.3, -0.25) is 4.79 Å². The van der Waals surface area contributed by atoms with E-state index in [1.165, 1.54) is 0 Å². The third-order valence-corrected chi connectivity index (χ3v) is 3.65. The number of benzene rings is 2. The van der Waals surface area contributed by atoms with Crippen LogP contribution in [0.2, 0.25) is 0 Å². The maximum atomic E-state index is 12.9. The van der Waals surface area contributed by atoms with Crippen LogP contribution in [0.4, 0.5) is 5.69 Å². The van der Waals surface area contributed by atoms with Crippen molar-refractivity contribution in [1.29, 1.82) is 0 Å². The molecule has 4 heteroatoms. The maximum absolute atomic E-state index is 12.9. The summed E-state index contributed by atoms with van der Waals surface area (Å²) in [6.45, 7) is 1.51. The van der Waals surface area contributed by atoms with Crippen molar-refractivity contribution in [2.24, 2.45) is 0 Å². The molecule has 0 bridgehead atoms. The second-order valence-corrected chi connectivity index (χ2v) is 5.20. The Hall–Kier alpha value is -2.17. The molecule has 0 aliphatic carbocycles. The van der Waals surface area contributed by atoms with E-state index in [9.17, 15) is 4.79 Å². The van der Waals surface area contributed by atoms with Crippen LogP contribution in [-0.2, 0) is 9.47 Å². The van der Waals surface area contributed by atoms with Gasteiger partial charge in [0.2, 0.25) is 0 Å². The summed E-state index contributed by atoms with van der Waals surface area (Å²) in [4.78, 5) is 12.9. The van der Waals surface area contributed by atoms with E-state index in [-0.39, 0.29) is 11.9 Å². The summed E-state index contributed by atoms with van der Waals surface area (Å²) in [5, 5.41) is 3.29. The highest BCUT2D eigenvalue weighted by atomic mass is 16.6. The molecule has 0 aromatic heterocycles. The molecule has 114 valence electrons. The van der Waals surface area contributed by atoms with E-state index in [4.69, 9.17) is 9.47 Å². The van der Waals surface area contributed by atoms with E-state index in [2.05, 4.69) is 5.32 Å². The minimum absolute atomic E-state index is 0.0138. The highest BCUT2D eigenvalue weighted by Gasteiger charge is 2.31. The summed E-state index contributed by atoms with van der Waals surface area (Å²) >= 11 is 0. The van der Waals surface area contributed by atoms with Gasteiger partial charge in [-0.1, -0.05) is 48.5 Å². The molecule has 2 aromatic carbocycles. The summed E-state index contributed by atoms with van der Waals surface area (Å²) in [6.07, 6.45) is -0.290. The van der Waals surface area contributed by atoms with Crippen LogP contribution in [0.25, 0.3) is 0 Å². The minimum atomic E-state index is -0.468. The fourth-order valence-electron chi connectivity index (χ4n) is 2.52. The molecule has 1 N–H and O–H groups in total. The topological polar surface area (TPSA) is 47.6 Å². The molecule has 1 heterocycles.